The van der Waals surface area contributed by atoms with Crippen molar-refractivity contribution in [3.05, 3.63) is 47.9 Å². The predicted molar refractivity (Wildman–Crippen MR) is 47.2 cm³/mol. The van der Waals surface area contributed by atoms with E-state index in [9.17, 15) is 0 Å². The molecule has 0 saturated carbocycles. The molecule has 1 aliphatic carbocycles. The van der Waals surface area contributed by atoms with Gasteiger partial charge in [-0.1, -0.05) is 30.9 Å². The Labute approximate surface area is 67.6 Å². The van der Waals surface area contributed by atoms with Gasteiger partial charge in [0.25, 0.3) is 0 Å². The van der Waals surface area contributed by atoms with Gasteiger partial charge in [0, 0.05) is 0 Å². The van der Waals surface area contributed by atoms with Crippen LogP contribution in [-0.2, 0) is 12.8 Å². The summed E-state index contributed by atoms with van der Waals surface area (Å²) < 4.78 is 0. The maximum atomic E-state index is 3.78. The highest BCUT2D eigenvalue weighted by Gasteiger charge is 2.12. The van der Waals surface area contributed by atoms with Crippen LogP contribution in [0.25, 0.3) is 6.08 Å². The number of hydrogen-bond acceptors (Lipinski definition) is 0. The van der Waals surface area contributed by atoms with Gasteiger partial charge >= 0.3 is 0 Å². The molecule has 0 aliphatic heterocycles. The molecule has 0 unspecified atom stereocenters. The Morgan fingerprint density at radius 3 is 3.09 bits per heavy atom. The summed E-state index contributed by atoms with van der Waals surface area (Å²) in [4.78, 5) is 0. The summed E-state index contributed by atoms with van der Waals surface area (Å²) in [6.07, 6.45) is 7.25. The minimum Gasteiger partial charge on any atom is -0.0985 e. The van der Waals surface area contributed by atoms with Crippen LogP contribution >= 0.6 is 0 Å². The molecule has 0 nitrogen and oxygen atoms in total. The Kier molecular flexibility index (Phi) is 1.54. The normalized spacial score (nSPS) is 14.5. The smallest absolute Gasteiger partial charge is 0.00791 e. The zero-order chi connectivity index (χ0) is 7.68. The largest absolute Gasteiger partial charge is 0.0985 e. The third-order valence-electron chi connectivity index (χ3n) is 2.15. The molecular formula is C11H10. The van der Waals surface area contributed by atoms with Crippen molar-refractivity contribution in [2.75, 3.05) is 0 Å². The molecule has 54 valence electrons. The molecule has 1 aliphatic rings. The fraction of sp³-hybridized carbons (Fsp3) is 0.182. The molecular weight excluding hydrogens is 132 g/mol. The molecule has 0 aromatic heterocycles. The molecule has 0 fully saturated rings. The summed E-state index contributed by atoms with van der Waals surface area (Å²) in [6.45, 7) is 3.78. The molecule has 2 radical (unpaired) electrons. The maximum Gasteiger partial charge on any atom is -0.00791 e. The van der Waals surface area contributed by atoms with Crippen molar-refractivity contribution in [3.8, 4) is 0 Å². The molecule has 0 amide bonds. The highest BCUT2D eigenvalue weighted by molar-refractivity contribution is 5.56. The van der Waals surface area contributed by atoms with Gasteiger partial charge in [-0.2, -0.15) is 0 Å². The molecule has 0 N–H and O–H groups in total. The van der Waals surface area contributed by atoms with Crippen LogP contribution in [0.4, 0.5) is 0 Å². The fourth-order valence-electron chi connectivity index (χ4n) is 1.55. The van der Waals surface area contributed by atoms with Gasteiger partial charge in [0.05, 0.1) is 0 Å². The quantitative estimate of drug-likeness (QED) is 0.565. The molecule has 0 atom stereocenters. The number of fused-ring (bicyclic) bond motifs is 1. The average molecular weight is 142 g/mol. The van der Waals surface area contributed by atoms with Gasteiger partial charge in [0.2, 0.25) is 0 Å². The minimum atomic E-state index is 0.998. The molecule has 0 spiro atoms. The van der Waals surface area contributed by atoms with E-state index in [1.54, 1.807) is 0 Å². The first-order chi connectivity index (χ1) is 5.42. The molecule has 1 aromatic rings. The highest BCUT2D eigenvalue weighted by atomic mass is 14.2. The van der Waals surface area contributed by atoms with Gasteiger partial charge in [0.15, 0.2) is 0 Å². The Hall–Kier alpha value is -1.04. The van der Waals surface area contributed by atoms with Gasteiger partial charge < -0.3 is 0 Å². The van der Waals surface area contributed by atoms with Crippen LogP contribution in [0.5, 0.6) is 0 Å². The van der Waals surface area contributed by atoms with E-state index in [2.05, 4.69) is 31.2 Å². The Balaban J connectivity index is 2.58. The summed E-state index contributed by atoms with van der Waals surface area (Å²) in [5.41, 5.74) is 4.11. The van der Waals surface area contributed by atoms with Crippen molar-refractivity contribution in [2.45, 2.75) is 12.8 Å². The van der Waals surface area contributed by atoms with E-state index in [1.165, 1.54) is 16.7 Å². The Morgan fingerprint density at radius 1 is 1.36 bits per heavy atom. The van der Waals surface area contributed by atoms with Gasteiger partial charge in [0.1, 0.15) is 0 Å². The lowest BCUT2D eigenvalue weighted by molar-refractivity contribution is 1.17. The third kappa shape index (κ3) is 0.988. The van der Waals surface area contributed by atoms with Crippen molar-refractivity contribution in [1.29, 1.82) is 0 Å². The SMILES string of the molecule is C=Cc1cccc2c1C[C]C2. The van der Waals surface area contributed by atoms with Crippen molar-refractivity contribution in [3.63, 3.8) is 0 Å². The van der Waals surface area contributed by atoms with E-state index in [1.807, 2.05) is 6.08 Å². The minimum absolute atomic E-state index is 0.998. The standard InChI is InChI=1S/C11H10/c1-2-9-5-3-6-10-7-4-8-11(9)10/h2-3,5-6H,1,7-8H2. The van der Waals surface area contributed by atoms with Gasteiger partial charge in [-0.15, -0.1) is 0 Å². The highest BCUT2D eigenvalue weighted by Crippen LogP contribution is 2.24. The lowest BCUT2D eigenvalue weighted by Gasteiger charge is -2.01. The second-order valence-electron chi connectivity index (χ2n) is 2.79. The summed E-state index contributed by atoms with van der Waals surface area (Å²) in [7, 11) is 0. The Bertz CT molecular complexity index is 284. The lowest BCUT2D eigenvalue weighted by atomic mass is 10.0. The second-order valence-corrected chi connectivity index (χ2v) is 2.79. The second kappa shape index (κ2) is 2.54. The van der Waals surface area contributed by atoms with Crippen LogP contribution in [0.1, 0.15) is 16.7 Å². The van der Waals surface area contributed by atoms with E-state index in [0.717, 1.165) is 12.8 Å². The average Bonchev–Trinajstić information content (AvgIpc) is 2.50. The van der Waals surface area contributed by atoms with Gasteiger partial charge in [-0.25, -0.2) is 0 Å². The van der Waals surface area contributed by atoms with Gasteiger partial charge in [-0.05, 0) is 36.0 Å². The van der Waals surface area contributed by atoms with Crippen LogP contribution in [-0.4, -0.2) is 0 Å². The fourth-order valence-corrected chi connectivity index (χ4v) is 1.55. The summed E-state index contributed by atoms with van der Waals surface area (Å²) in [5.74, 6) is 0. The van der Waals surface area contributed by atoms with Crippen LogP contribution < -0.4 is 0 Å². The van der Waals surface area contributed by atoms with E-state index in [0.29, 0.717) is 0 Å². The summed E-state index contributed by atoms with van der Waals surface area (Å²) >= 11 is 0. The first-order valence-corrected chi connectivity index (χ1v) is 3.86. The maximum absolute atomic E-state index is 3.78. The predicted octanol–water partition coefficient (Wildman–Crippen LogP) is 2.51. The first-order valence-electron chi connectivity index (χ1n) is 3.86. The molecule has 11 heavy (non-hydrogen) atoms. The van der Waals surface area contributed by atoms with Crippen molar-refractivity contribution in [1.82, 2.24) is 0 Å². The third-order valence-corrected chi connectivity index (χ3v) is 2.15. The van der Waals surface area contributed by atoms with Crippen molar-refractivity contribution < 1.29 is 0 Å². The topological polar surface area (TPSA) is 0 Å². The molecule has 0 saturated heterocycles. The number of hydrogen-bond donors (Lipinski definition) is 0. The van der Waals surface area contributed by atoms with E-state index < -0.39 is 0 Å². The van der Waals surface area contributed by atoms with Crippen LogP contribution in [0.15, 0.2) is 24.8 Å². The van der Waals surface area contributed by atoms with Crippen LogP contribution in [0.3, 0.4) is 0 Å². The molecule has 0 heteroatoms. The molecule has 2 rings (SSSR count). The molecule has 0 bridgehead atoms. The first kappa shape index (κ1) is 6.66. The van der Waals surface area contributed by atoms with Gasteiger partial charge in [-0.3, -0.25) is 0 Å². The zero-order valence-corrected chi connectivity index (χ0v) is 6.43. The Morgan fingerprint density at radius 2 is 2.27 bits per heavy atom. The summed E-state index contributed by atoms with van der Waals surface area (Å²) in [6, 6.07) is 6.37. The monoisotopic (exact) mass is 142 g/mol. The van der Waals surface area contributed by atoms with E-state index in [-0.39, 0.29) is 0 Å². The van der Waals surface area contributed by atoms with Crippen LogP contribution in [0, 0.1) is 6.42 Å². The van der Waals surface area contributed by atoms with E-state index in [4.69, 9.17) is 0 Å². The van der Waals surface area contributed by atoms with Crippen molar-refractivity contribution >= 4 is 6.08 Å². The van der Waals surface area contributed by atoms with Crippen LogP contribution in [0.2, 0.25) is 0 Å². The number of benzene rings is 1. The molecule has 1 aromatic carbocycles. The molecule has 0 heterocycles. The van der Waals surface area contributed by atoms with E-state index >= 15 is 0 Å². The number of rotatable bonds is 1. The lowest BCUT2D eigenvalue weighted by Crippen LogP contribution is -1.85. The zero-order valence-electron chi connectivity index (χ0n) is 6.43. The summed E-state index contributed by atoms with van der Waals surface area (Å²) in [5, 5.41) is 0. The van der Waals surface area contributed by atoms with Crippen molar-refractivity contribution in [2.24, 2.45) is 0 Å².